The number of likely N-dealkylation sites (tertiary alicyclic amines) is 1. The summed E-state index contributed by atoms with van der Waals surface area (Å²) >= 11 is 0. The van der Waals surface area contributed by atoms with Crippen LogP contribution >= 0.6 is 0 Å². The van der Waals surface area contributed by atoms with Crippen LogP contribution in [0, 0.1) is 6.92 Å². The van der Waals surface area contributed by atoms with Crippen molar-refractivity contribution in [3.05, 3.63) is 57.5 Å². The van der Waals surface area contributed by atoms with E-state index in [1.807, 2.05) is 30.2 Å². The molecule has 2 aromatic heterocycles. The van der Waals surface area contributed by atoms with Gasteiger partial charge in [-0.05, 0) is 56.7 Å². The number of amides is 1. The molecular weight excluding hydrogens is 382 g/mol. The van der Waals surface area contributed by atoms with Gasteiger partial charge in [0.05, 0.1) is 0 Å². The van der Waals surface area contributed by atoms with Gasteiger partial charge in [-0.25, -0.2) is 9.78 Å². The van der Waals surface area contributed by atoms with Crippen LogP contribution in [0.15, 0.2) is 33.7 Å². The number of fused-ring (bicyclic) bond motifs is 3. The number of ether oxygens (including phenoxy) is 1. The van der Waals surface area contributed by atoms with Crippen molar-refractivity contribution < 1.29 is 13.9 Å². The van der Waals surface area contributed by atoms with Gasteiger partial charge in [-0.2, -0.15) is 0 Å². The van der Waals surface area contributed by atoms with Crippen LogP contribution in [0.3, 0.4) is 0 Å². The van der Waals surface area contributed by atoms with Crippen molar-refractivity contribution in [3.63, 3.8) is 0 Å². The van der Waals surface area contributed by atoms with Crippen molar-refractivity contribution in [1.29, 1.82) is 0 Å². The topological polar surface area (TPSA) is 88.4 Å². The molecule has 7 heteroatoms. The monoisotopic (exact) mass is 407 g/mol. The number of carbonyl (C=O) groups is 1. The highest BCUT2D eigenvalue weighted by Gasteiger charge is 2.27. The molecule has 30 heavy (non-hydrogen) atoms. The van der Waals surface area contributed by atoms with Crippen LogP contribution in [0.2, 0.25) is 0 Å². The Morgan fingerprint density at radius 3 is 3.00 bits per heavy atom. The van der Waals surface area contributed by atoms with Gasteiger partial charge in [-0.15, -0.1) is 0 Å². The van der Waals surface area contributed by atoms with Gasteiger partial charge in [-0.3, -0.25) is 4.79 Å². The van der Waals surface area contributed by atoms with Gasteiger partial charge in [0, 0.05) is 47.9 Å². The smallest absolute Gasteiger partial charge is 0.339 e. The third-order valence-corrected chi connectivity index (χ3v) is 6.37. The Balaban J connectivity index is 1.31. The summed E-state index contributed by atoms with van der Waals surface area (Å²) in [7, 11) is 0. The van der Waals surface area contributed by atoms with E-state index >= 15 is 0 Å². The summed E-state index contributed by atoms with van der Waals surface area (Å²) < 4.78 is 11.5. The second-order valence-electron chi connectivity index (χ2n) is 8.21. The van der Waals surface area contributed by atoms with Gasteiger partial charge in [0.25, 0.3) is 5.91 Å². The molecule has 3 aromatic rings. The van der Waals surface area contributed by atoms with Gasteiger partial charge in [0.1, 0.15) is 17.2 Å². The molecule has 1 fully saturated rings. The van der Waals surface area contributed by atoms with Crippen LogP contribution in [0.5, 0.6) is 5.75 Å². The lowest BCUT2D eigenvalue weighted by atomic mass is 9.97. The third kappa shape index (κ3) is 3.28. The number of carbonyl (C=O) groups excluding carboxylic acids is 1. The van der Waals surface area contributed by atoms with Gasteiger partial charge in [0.2, 0.25) is 0 Å². The number of hydrogen-bond donors (Lipinski definition) is 1. The molecule has 0 saturated carbocycles. The molecule has 5 rings (SSSR count). The Bertz CT molecular complexity index is 1150. The molecular formula is C23H25N3O4. The molecule has 1 unspecified atom stereocenters. The first-order chi connectivity index (χ1) is 14.6. The van der Waals surface area contributed by atoms with Crippen molar-refractivity contribution >= 4 is 16.9 Å². The maximum absolute atomic E-state index is 12.8. The zero-order valence-corrected chi connectivity index (χ0v) is 17.1. The van der Waals surface area contributed by atoms with E-state index in [-0.39, 0.29) is 24.1 Å². The maximum Gasteiger partial charge on any atom is 0.339 e. The lowest BCUT2D eigenvalue weighted by Gasteiger charge is -2.31. The SMILES string of the molecule is Cc1c(OCC(=O)N2CCCC(c3ncc[nH]3)C2)ccc2c3c(c(=O)oc12)CCC3. The average Bonchev–Trinajstić information content (AvgIpc) is 3.46. The lowest BCUT2D eigenvalue weighted by molar-refractivity contribution is -0.134. The van der Waals surface area contributed by atoms with Crippen LogP contribution in [-0.2, 0) is 17.6 Å². The molecule has 3 heterocycles. The number of piperidine rings is 1. The highest BCUT2D eigenvalue weighted by atomic mass is 16.5. The second kappa shape index (κ2) is 7.63. The number of benzene rings is 1. The van der Waals surface area contributed by atoms with Crippen molar-refractivity contribution in [2.45, 2.75) is 44.9 Å². The van der Waals surface area contributed by atoms with E-state index in [9.17, 15) is 9.59 Å². The number of aromatic nitrogens is 2. The molecule has 7 nitrogen and oxygen atoms in total. The van der Waals surface area contributed by atoms with Crippen molar-refractivity contribution in [1.82, 2.24) is 14.9 Å². The van der Waals surface area contributed by atoms with Crippen molar-refractivity contribution in [3.8, 4) is 5.75 Å². The van der Waals surface area contributed by atoms with Crippen LogP contribution in [0.4, 0.5) is 0 Å². The Kier molecular flexibility index (Phi) is 4.81. The molecule has 0 radical (unpaired) electrons. The van der Waals surface area contributed by atoms with Gasteiger partial charge in [0.15, 0.2) is 6.61 Å². The summed E-state index contributed by atoms with van der Waals surface area (Å²) in [5.41, 5.74) is 3.00. The zero-order chi connectivity index (χ0) is 20.7. The van der Waals surface area contributed by atoms with E-state index in [1.165, 1.54) is 0 Å². The predicted octanol–water partition coefficient (Wildman–Crippen LogP) is 3.10. The number of nitrogens with zero attached hydrogens (tertiary/aromatic N) is 2. The Labute approximate surface area is 174 Å². The highest BCUT2D eigenvalue weighted by molar-refractivity contribution is 5.86. The van der Waals surface area contributed by atoms with Gasteiger partial charge >= 0.3 is 5.63 Å². The van der Waals surface area contributed by atoms with Crippen LogP contribution in [0.25, 0.3) is 11.0 Å². The predicted molar refractivity (Wildman–Crippen MR) is 112 cm³/mol. The fourth-order valence-corrected chi connectivity index (χ4v) is 4.78. The lowest BCUT2D eigenvalue weighted by Crippen LogP contribution is -2.41. The summed E-state index contributed by atoms with van der Waals surface area (Å²) in [5, 5.41) is 0.982. The van der Waals surface area contributed by atoms with Crippen molar-refractivity contribution in [2.24, 2.45) is 0 Å². The van der Waals surface area contributed by atoms with Crippen LogP contribution < -0.4 is 10.4 Å². The molecule has 1 aromatic carbocycles. The minimum absolute atomic E-state index is 0.0353. The standard InChI is InChI=1S/C23H25N3O4/c1-14-19(8-7-17-16-5-2-6-18(16)23(28)30-21(14)17)29-13-20(27)26-11-3-4-15(12-26)22-24-9-10-25-22/h7-10,15H,2-6,11-13H2,1H3,(H,24,25). The number of hydrogen-bond acceptors (Lipinski definition) is 5. The molecule has 1 aliphatic carbocycles. The van der Waals surface area contributed by atoms with E-state index in [1.54, 1.807) is 6.20 Å². The quantitative estimate of drug-likeness (QED) is 0.672. The zero-order valence-electron chi connectivity index (χ0n) is 17.1. The van der Waals surface area contributed by atoms with Crippen molar-refractivity contribution in [2.75, 3.05) is 19.7 Å². The number of aryl methyl sites for hydroxylation is 2. The van der Waals surface area contributed by atoms with Gasteiger partial charge < -0.3 is 19.0 Å². The van der Waals surface area contributed by atoms with E-state index in [0.717, 1.165) is 66.5 Å². The minimum Gasteiger partial charge on any atom is -0.483 e. The first kappa shape index (κ1) is 18.9. The van der Waals surface area contributed by atoms with E-state index in [4.69, 9.17) is 9.15 Å². The largest absolute Gasteiger partial charge is 0.483 e. The fourth-order valence-electron chi connectivity index (χ4n) is 4.78. The first-order valence-corrected chi connectivity index (χ1v) is 10.6. The molecule has 1 atom stereocenters. The third-order valence-electron chi connectivity index (χ3n) is 6.37. The van der Waals surface area contributed by atoms with Crippen LogP contribution in [-0.4, -0.2) is 40.5 Å². The fraction of sp³-hybridized carbons (Fsp3) is 0.435. The number of aromatic amines is 1. The first-order valence-electron chi connectivity index (χ1n) is 10.6. The van der Waals surface area contributed by atoms with Crippen LogP contribution in [0.1, 0.15) is 47.7 Å². The molecule has 156 valence electrons. The normalized spacial score (nSPS) is 18.6. The summed E-state index contributed by atoms with van der Waals surface area (Å²) in [6, 6.07) is 3.83. The Hall–Kier alpha value is -3.09. The number of imidazole rings is 1. The molecule has 0 bridgehead atoms. The minimum atomic E-state index is -0.247. The molecule has 1 N–H and O–H groups in total. The van der Waals surface area contributed by atoms with Gasteiger partial charge in [-0.1, -0.05) is 0 Å². The summed E-state index contributed by atoms with van der Waals surface area (Å²) in [5.74, 6) is 1.70. The molecule has 1 saturated heterocycles. The second-order valence-corrected chi connectivity index (χ2v) is 8.21. The van der Waals surface area contributed by atoms with E-state index in [0.29, 0.717) is 17.9 Å². The number of nitrogens with one attached hydrogen (secondary N) is 1. The highest BCUT2D eigenvalue weighted by Crippen LogP contribution is 2.33. The number of rotatable bonds is 4. The summed E-state index contributed by atoms with van der Waals surface area (Å²) in [4.78, 5) is 34.4. The molecule has 1 amide bonds. The summed E-state index contributed by atoms with van der Waals surface area (Å²) in [6.45, 7) is 3.22. The van der Waals surface area contributed by atoms with E-state index in [2.05, 4.69) is 9.97 Å². The Morgan fingerprint density at radius 1 is 1.30 bits per heavy atom. The molecule has 0 spiro atoms. The maximum atomic E-state index is 12.8. The molecule has 1 aliphatic heterocycles. The van der Waals surface area contributed by atoms with E-state index < -0.39 is 0 Å². The summed E-state index contributed by atoms with van der Waals surface area (Å²) in [6.07, 6.45) is 8.20. The average molecular weight is 407 g/mol. The Morgan fingerprint density at radius 2 is 2.17 bits per heavy atom. The number of H-pyrrole nitrogens is 1. The molecule has 2 aliphatic rings.